The number of carboxylic acids is 1. The fourth-order valence-electron chi connectivity index (χ4n) is 1.14. The highest BCUT2D eigenvalue weighted by Crippen LogP contribution is 2.15. The molecule has 8 heteroatoms. The van der Waals surface area contributed by atoms with Crippen LogP contribution in [-0.2, 0) is 4.79 Å². The highest BCUT2D eigenvalue weighted by atomic mass is 16.7. The number of hydrogen-bond acceptors (Lipinski definition) is 5. The van der Waals surface area contributed by atoms with E-state index in [2.05, 4.69) is 4.98 Å². The Balaban J connectivity index is 3.09. The van der Waals surface area contributed by atoms with Crippen molar-refractivity contribution in [2.75, 3.05) is 11.6 Å². The molecule has 1 aromatic heterocycles. The van der Waals surface area contributed by atoms with Crippen LogP contribution < -0.4 is 5.01 Å². The zero-order chi connectivity index (χ0) is 12.1. The first-order valence-electron chi connectivity index (χ1n) is 4.25. The van der Waals surface area contributed by atoms with Crippen molar-refractivity contribution < 1.29 is 20.0 Å². The number of hydrogen-bond donors (Lipinski definition) is 2. The van der Waals surface area contributed by atoms with Crippen LogP contribution in [0.3, 0.4) is 0 Å². The molecular formula is C8H9N3O5. The SMILES string of the molecule is O=C(O)[C@H](CO)N(c1ccncc1)[N+](=O)[O-]. The molecule has 0 radical (unpaired) electrons. The summed E-state index contributed by atoms with van der Waals surface area (Å²) >= 11 is 0. The van der Waals surface area contributed by atoms with Gasteiger partial charge in [-0.2, -0.15) is 0 Å². The van der Waals surface area contributed by atoms with E-state index in [0.717, 1.165) is 0 Å². The first-order chi connectivity index (χ1) is 7.57. The van der Waals surface area contributed by atoms with Gasteiger partial charge >= 0.3 is 5.97 Å². The van der Waals surface area contributed by atoms with Crippen LogP contribution in [0.2, 0.25) is 0 Å². The molecule has 1 heterocycles. The van der Waals surface area contributed by atoms with Gasteiger partial charge in [0, 0.05) is 12.4 Å². The summed E-state index contributed by atoms with van der Waals surface area (Å²) in [5.74, 6) is -1.48. The Morgan fingerprint density at radius 2 is 2.12 bits per heavy atom. The van der Waals surface area contributed by atoms with Crippen LogP contribution >= 0.6 is 0 Å². The number of hydrazine groups is 1. The van der Waals surface area contributed by atoms with Gasteiger partial charge in [0.25, 0.3) is 0 Å². The molecular weight excluding hydrogens is 218 g/mol. The lowest BCUT2D eigenvalue weighted by molar-refractivity contribution is -0.499. The van der Waals surface area contributed by atoms with E-state index in [1.54, 1.807) is 0 Å². The Bertz CT molecular complexity index is 383. The maximum absolute atomic E-state index is 10.7. The molecule has 16 heavy (non-hydrogen) atoms. The van der Waals surface area contributed by atoms with E-state index in [-0.39, 0.29) is 5.69 Å². The quantitative estimate of drug-likeness (QED) is 0.515. The molecule has 8 nitrogen and oxygen atoms in total. The van der Waals surface area contributed by atoms with Crippen LogP contribution in [-0.4, -0.2) is 38.8 Å². The number of aliphatic carboxylic acids is 1. The van der Waals surface area contributed by atoms with Crippen molar-refractivity contribution >= 4 is 11.7 Å². The third-order valence-electron chi connectivity index (χ3n) is 1.86. The summed E-state index contributed by atoms with van der Waals surface area (Å²) in [6.07, 6.45) is 2.59. The molecule has 0 amide bonds. The molecule has 1 rings (SSSR count). The van der Waals surface area contributed by atoms with E-state index in [4.69, 9.17) is 10.2 Å². The monoisotopic (exact) mass is 227 g/mol. The van der Waals surface area contributed by atoms with Gasteiger partial charge in [0.1, 0.15) is 5.69 Å². The summed E-state index contributed by atoms with van der Waals surface area (Å²) in [6.45, 7) is -0.862. The lowest BCUT2D eigenvalue weighted by Crippen LogP contribution is -2.47. The molecule has 1 atom stereocenters. The van der Waals surface area contributed by atoms with E-state index >= 15 is 0 Å². The van der Waals surface area contributed by atoms with Crippen molar-refractivity contribution in [3.63, 3.8) is 0 Å². The standard InChI is InChI=1S/C8H9N3O5/c12-5-7(8(13)14)10(11(15)16)6-1-3-9-4-2-6/h1-4,7,12H,5H2,(H,13,14)/t7-/m0/s1. The van der Waals surface area contributed by atoms with Crippen molar-refractivity contribution in [3.8, 4) is 0 Å². The average Bonchev–Trinajstić information content (AvgIpc) is 2.25. The van der Waals surface area contributed by atoms with Gasteiger partial charge in [-0.25, -0.2) is 14.9 Å². The van der Waals surface area contributed by atoms with Gasteiger partial charge in [0.2, 0.25) is 6.04 Å². The lowest BCUT2D eigenvalue weighted by atomic mass is 10.2. The predicted octanol–water partition coefficient (Wildman–Crippen LogP) is -0.475. The van der Waals surface area contributed by atoms with Crippen LogP contribution in [0.1, 0.15) is 0 Å². The molecule has 0 spiro atoms. The second-order valence-electron chi connectivity index (χ2n) is 2.82. The molecule has 86 valence electrons. The van der Waals surface area contributed by atoms with Crippen LogP contribution in [0.15, 0.2) is 24.5 Å². The number of pyridine rings is 1. The number of aromatic nitrogens is 1. The van der Waals surface area contributed by atoms with Gasteiger partial charge in [-0.15, -0.1) is 0 Å². The topological polar surface area (TPSA) is 117 Å². The van der Waals surface area contributed by atoms with E-state index in [1.807, 2.05) is 0 Å². The second kappa shape index (κ2) is 5.03. The predicted molar refractivity (Wildman–Crippen MR) is 52.2 cm³/mol. The first-order valence-corrected chi connectivity index (χ1v) is 4.25. The number of carboxylic acid groups (broad SMARTS) is 1. The largest absolute Gasteiger partial charge is 0.479 e. The van der Waals surface area contributed by atoms with Gasteiger partial charge in [0.15, 0.2) is 5.03 Å². The average molecular weight is 227 g/mol. The Labute approximate surface area is 89.9 Å². The van der Waals surface area contributed by atoms with Crippen LogP contribution in [0.25, 0.3) is 0 Å². The summed E-state index contributed by atoms with van der Waals surface area (Å²) in [7, 11) is 0. The van der Waals surface area contributed by atoms with Gasteiger partial charge < -0.3 is 10.2 Å². The molecule has 0 bridgehead atoms. The molecule has 0 saturated heterocycles. The summed E-state index contributed by atoms with van der Waals surface area (Å²) in [5, 5.41) is 27.8. The molecule has 0 aliphatic carbocycles. The van der Waals surface area contributed by atoms with Crippen molar-refractivity contribution in [1.29, 1.82) is 0 Å². The maximum atomic E-state index is 10.7. The molecule has 2 N–H and O–H groups in total. The Kier molecular flexibility index (Phi) is 3.72. The van der Waals surface area contributed by atoms with Crippen molar-refractivity contribution in [1.82, 2.24) is 4.98 Å². The fourth-order valence-corrected chi connectivity index (χ4v) is 1.14. The van der Waals surface area contributed by atoms with Crippen molar-refractivity contribution in [2.24, 2.45) is 0 Å². The van der Waals surface area contributed by atoms with Gasteiger partial charge in [-0.3, -0.25) is 4.98 Å². The molecule has 0 aromatic carbocycles. The zero-order valence-electron chi connectivity index (χ0n) is 8.05. The minimum absolute atomic E-state index is 0.0430. The van der Waals surface area contributed by atoms with E-state index in [0.29, 0.717) is 5.01 Å². The number of carbonyl (C=O) groups is 1. The molecule has 0 aliphatic heterocycles. The normalized spacial score (nSPS) is 11.8. The first kappa shape index (κ1) is 11.9. The second-order valence-corrected chi connectivity index (χ2v) is 2.82. The number of aliphatic hydroxyl groups is 1. The smallest absolute Gasteiger partial charge is 0.335 e. The van der Waals surface area contributed by atoms with Crippen molar-refractivity contribution in [3.05, 3.63) is 34.6 Å². The van der Waals surface area contributed by atoms with Crippen LogP contribution in [0, 0.1) is 10.1 Å². The zero-order valence-corrected chi connectivity index (χ0v) is 8.05. The third kappa shape index (κ3) is 2.42. The summed E-state index contributed by atoms with van der Waals surface area (Å²) < 4.78 is 0. The molecule has 0 unspecified atom stereocenters. The van der Waals surface area contributed by atoms with Gasteiger partial charge in [0.05, 0.1) is 6.61 Å². The van der Waals surface area contributed by atoms with Crippen molar-refractivity contribution in [2.45, 2.75) is 6.04 Å². The number of nitrogens with zero attached hydrogens (tertiary/aromatic N) is 3. The highest BCUT2D eigenvalue weighted by molar-refractivity contribution is 5.77. The molecule has 0 fully saturated rings. The van der Waals surface area contributed by atoms with Gasteiger partial charge in [-0.05, 0) is 12.1 Å². The third-order valence-corrected chi connectivity index (χ3v) is 1.86. The molecule has 0 saturated carbocycles. The Hall–Kier alpha value is -2.22. The Morgan fingerprint density at radius 1 is 1.56 bits per heavy atom. The van der Waals surface area contributed by atoms with E-state index in [9.17, 15) is 14.9 Å². The molecule has 1 aromatic rings. The summed E-state index contributed by atoms with van der Waals surface area (Å²) in [6, 6.07) is 0.945. The van der Waals surface area contributed by atoms with Gasteiger partial charge in [-0.1, -0.05) is 5.01 Å². The Morgan fingerprint density at radius 3 is 2.50 bits per heavy atom. The number of anilines is 1. The number of rotatable bonds is 5. The summed E-state index contributed by atoms with van der Waals surface area (Å²) in [5.41, 5.74) is 0.0430. The van der Waals surface area contributed by atoms with E-state index < -0.39 is 23.7 Å². The minimum Gasteiger partial charge on any atom is -0.479 e. The number of aliphatic hydroxyl groups excluding tert-OH is 1. The van der Waals surface area contributed by atoms with Crippen LogP contribution in [0.5, 0.6) is 0 Å². The number of nitro groups is 1. The molecule has 0 aliphatic rings. The fraction of sp³-hybridized carbons (Fsp3) is 0.250. The summed E-state index contributed by atoms with van der Waals surface area (Å²) in [4.78, 5) is 25.1. The maximum Gasteiger partial charge on any atom is 0.335 e. The van der Waals surface area contributed by atoms with E-state index in [1.165, 1.54) is 24.5 Å². The lowest BCUT2D eigenvalue weighted by Gasteiger charge is -2.18. The highest BCUT2D eigenvalue weighted by Gasteiger charge is 2.34. The minimum atomic E-state index is -1.63. The van der Waals surface area contributed by atoms with Crippen LogP contribution in [0.4, 0.5) is 5.69 Å².